The number of amides is 1. The molecule has 0 saturated heterocycles. The third-order valence-electron chi connectivity index (χ3n) is 3.80. The molecule has 0 aliphatic heterocycles. The fraction of sp³-hybridized carbons (Fsp3) is 0.100. The number of methoxy groups -OCH3 is 1. The molecular weight excluding hydrogens is 336 g/mol. The van der Waals surface area contributed by atoms with Crippen molar-refractivity contribution >= 4 is 17.5 Å². The van der Waals surface area contributed by atoms with Crippen LogP contribution in [-0.2, 0) is 6.54 Å². The number of nitrogens with zero attached hydrogens (tertiary/aromatic N) is 1. The summed E-state index contributed by atoms with van der Waals surface area (Å²) in [5.41, 5.74) is 3.31. The predicted octanol–water partition coefficient (Wildman–Crippen LogP) is 4.34. The first-order chi connectivity index (χ1) is 12.2. The molecule has 1 aromatic heterocycles. The number of carbonyl (C=O) groups is 1. The summed E-state index contributed by atoms with van der Waals surface area (Å²) >= 11 is 5.85. The number of nitrogens with one attached hydrogen (secondary N) is 1. The smallest absolute Gasteiger partial charge is 0.251 e. The Kier molecular flexibility index (Phi) is 5.31. The van der Waals surface area contributed by atoms with Gasteiger partial charge in [0.1, 0.15) is 5.75 Å². The number of aromatic nitrogens is 1. The van der Waals surface area contributed by atoms with Crippen LogP contribution in [0.4, 0.5) is 0 Å². The highest BCUT2D eigenvalue weighted by atomic mass is 35.5. The van der Waals surface area contributed by atoms with E-state index in [4.69, 9.17) is 16.3 Å². The maximum Gasteiger partial charge on any atom is 0.251 e. The minimum atomic E-state index is -0.152. The number of benzene rings is 2. The van der Waals surface area contributed by atoms with Crippen molar-refractivity contribution < 1.29 is 9.53 Å². The van der Waals surface area contributed by atoms with E-state index in [2.05, 4.69) is 10.3 Å². The van der Waals surface area contributed by atoms with Gasteiger partial charge in [-0.15, -0.1) is 0 Å². The quantitative estimate of drug-likeness (QED) is 0.743. The first-order valence-corrected chi connectivity index (χ1v) is 8.17. The lowest BCUT2D eigenvalue weighted by atomic mass is 10.1. The number of ether oxygens (including phenoxy) is 1. The Morgan fingerprint density at radius 2 is 1.80 bits per heavy atom. The molecule has 1 amide bonds. The normalized spacial score (nSPS) is 10.3. The molecule has 2 aromatic carbocycles. The van der Waals surface area contributed by atoms with Crippen molar-refractivity contribution in [3.05, 3.63) is 83.0 Å². The summed E-state index contributed by atoms with van der Waals surface area (Å²) in [6, 6.07) is 18.3. The van der Waals surface area contributed by atoms with Gasteiger partial charge in [0.2, 0.25) is 0 Å². The van der Waals surface area contributed by atoms with Crippen LogP contribution < -0.4 is 10.1 Å². The summed E-state index contributed by atoms with van der Waals surface area (Å²) < 4.78 is 5.18. The van der Waals surface area contributed by atoms with Gasteiger partial charge in [-0.25, -0.2) is 0 Å². The van der Waals surface area contributed by atoms with Gasteiger partial charge in [-0.05, 0) is 60.2 Å². The molecule has 25 heavy (non-hydrogen) atoms. The molecule has 3 rings (SSSR count). The van der Waals surface area contributed by atoms with E-state index in [1.807, 2.05) is 36.4 Å². The number of pyridine rings is 1. The standard InChI is InChI=1S/C20H17ClN2O2/c1-25-18-10-6-14(7-11-18)19-16(3-2-12-22-19)13-23-20(24)15-4-8-17(21)9-5-15/h2-12H,13H2,1H3,(H,23,24). The van der Waals surface area contributed by atoms with Gasteiger partial charge in [0.05, 0.1) is 12.8 Å². The van der Waals surface area contributed by atoms with E-state index in [1.54, 1.807) is 37.6 Å². The highest BCUT2D eigenvalue weighted by Crippen LogP contribution is 2.23. The highest BCUT2D eigenvalue weighted by Gasteiger charge is 2.09. The lowest BCUT2D eigenvalue weighted by Crippen LogP contribution is -2.23. The Hall–Kier alpha value is -2.85. The predicted molar refractivity (Wildman–Crippen MR) is 98.8 cm³/mol. The second-order valence-electron chi connectivity index (χ2n) is 5.43. The van der Waals surface area contributed by atoms with Crippen LogP contribution in [0.25, 0.3) is 11.3 Å². The van der Waals surface area contributed by atoms with Crippen molar-refractivity contribution in [2.24, 2.45) is 0 Å². The summed E-state index contributed by atoms with van der Waals surface area (Å²) in [6.07, 6.45) is 1.74. The zero-order valence-electron chi connectivity index (χ0n) is 13.7. The maximum absolute atomic E-state index is 12.3. The lowest BCUT2D eigenvalue weighted by Gasteiger charge is -2.11. The molecule has 5 heteroatoms. The van der Waals surface area contributed by atoms with E-state index in [-0.39, 0.29) is 5.91 Å². The van der Waals surface area contributed by atoms with Gasteiger partial charge in [-0.2, -0.15) is 0 Å². The van der Waals surface area contributed by atoms with Crippen molar-refractivity contribution in [1.29, 1.82) is 0 Å². The lowest BCUT2D eigenvalue weighted by molar-refractivity contribution is 0.0951. The van der Waals surface area contributed by atoms with Crippen LogP contribution in [0, 0.1) is 0 Å². The number of carbonyl (C=O) groups excluding carboxylic acids is 1. The van der Waals surface area contributed by atoms with Crippen molar-refractivity contribution in [2.75, 3.05) is 7.11 Å². The molecule has 1 heterocycles. The third kappa shape index (κ3) is 4.17. The third-order valence-corrected chi connectivity index (χ3v) is 4.05. The summed E-state index contributed by atoms with van der Waals surface area (Å²) in [4.78, 5) is 16.7. The van der Waals surface area contributed by atoms with Crippen LogP contribution in [0.3, 0.4) is 0 Å². The van der Waals surface area contributed by atoms with Crippen molar-refractivity contribution in [1.82, 2.24) is 10.3 Å². The zero-order valence-corrected chi connectivity index (χ0v) is 14.5. The van der Waals surface area contributed by atoms with Crippen LogP contribution in [0.5, 0.6) is 5.75 Å². The molecule has 0 aliphatic carbocycles. The van der Waals surface area contributed by atoms with Gasteiger partial charge in [-0.1, -0.05) is 17.7 Å². The molecule has 4 nitrogen and oxygen atoms in total. The number of hydrogen-bond acceptors (Lipinski definition) is 3. The Balaban J connectivity index is 1.76. The van der Waals surface area contributed by atoms with Gasteiger partial charge in [0.15, 0.2) is 0 Å². The molecule has 3 aromatic rings. The van der Waals surface area contributed by atoms with Crippen LogP contribution >= 0.6 is 11.6 Å². The van der Waals surface area contributed by atoms with Gasteiger partial charge in [0.25, 0.3) is 5.91 Å². The molecule has 0 unspecified atom stereocenters. The van der Waals surface area contributed by atoms with Crippen LogP contribution in [0.15, 0.2) is 66.9 Å². The largest absolute Gasteiger partial charge is 0.497 e. The van der Waals surface area contributed by atoms with Gasteiger partial charge in [0, 0.05) is 28.9 Å². The van der Waals surface area contributed by atoms with Crippen LogP contribution in [0.2, 0.25) is 5.02 Å². The van der Waals surface area contributed by atoms with Crippen LogP contribution in [-0.4, -0.2) is 18.0 Å². The number of halogens is 1. The van der Waals surface area contributed by atoms with E-state index in [1.165, 1.54) is 0 Å². The second-order valence-corrected chi connectivity index (χ2v) is 5.87. The Morgan fingerprint density at radius 1 is 1.08 bits per heavy atom. The zero-order chi connectivity index (χ0) is 17.6. The molecule has 0 aliphatic rings. The first kappa shape index (κ1) is 17.0. The second kappa shape index (κ2) is 7.81. The van der Waals surface area contributed by atoms with Crippen molar-refractivity contribution in [3.8, 4) is 17.0 Å². The Labute approximate surface area is 151 Å². The SMILES string of the molecule is COc1ccc(-c2ncccc2CNC(=O)c2ccc(Cl)cc2)cc1. The van der Waals surface area contributed by atoms with Gasteiger partial charge in [-0.3, -0.25) is 9.78 Å². The molecule has 0 radical (unpaired) electrons. The number of hydrogen-bond donors (Lipinski definition) is 1. The fourth-order valence-electron chi connectivity index (χ4n) is 2.47. The summed E-state index contributed by atoms with van der Waals surface area (Å²) in [7, 11) is 1.63. The summed E-state index contributed by atoms with van der Waals surface area (Å²) in [5, 5.41) is 3.52. The molecule has 0 bridgehead atoms. The molecule has 1 N–H and O–H groups in total. The fourth-order valence-corrected chi connectivity index (χ4v) is 2.59. The highest BCUT2D eigenvalue weighted by molar-refractivity contribution is 6.30. The molecule has 0 atom stereocenters. The van der Waals surface area contributed by atoms with Crippen molar-refractivity contribution in [3.63, 3.8) is 0 Å². The van der Waals surface area contributed by atoms with Gasteiger partial charge >= 0.3 is 0 Å². The van der Waals surface area contributed by atoms with Crippen molar-refractivity contribution in [2.45, 2.75) is 6.54 Å². The molecule has 126 valence electrons. The molecule has 0 spiro atoms. The molecule has 0 fully saturated rings. The molecular formula is C20H17ClN2O2. The monoisotopic (exact) mass is 352 g/mol. The van der Waals surface area contributed by atoms with Gasteiger partial charge < -0.3 is 10.1 Å². The minimum absolute atomic E-state index is 0.152. The average Bonchev–Trinajstić information content (AvgIpc) is 2.67. The van der Waals surface area contributed by atoms with E-state index in [0.29, 0.717) is 17.1 Å². The topological polar surface area (TPSA) is 51.2 Å². The van der Waals surface area contributed by atoms with Crippen LogP contribution in [0.1, 0.15) is 15.9 Å². The van der Waals surface area contributed by atoms with E-state index < -0.39 is 0 Å². The molecule has 0 saturated carbocycles. The maximum atomic E-state index is 12.3. The van der Waals surface area contributed by atoms with E-state index in [0.717, 1.165) is 22.6 Å². The van der Waals surface area contributed by atoms with E-state index >= 15 is 0 Å². The minimum Gasteiger partial charge on any atom is -0.497 e. The van der Waals surface area contributed by atoms with E-state index in [9.17, 15) is 4.79 Å². The number of rotatable bonds is 5. The summed E-state index contributed by atoms with van der Waals surface area (Å²) in [5.74, 6) is 0.637. The average molecular weight is 353 g/mol. The Morgan fingerprint density at radius 3 is 2.48 bits per heavy atom. The first-order valence-electron chi connectivity index (χ1n) is 7.79. The Bertz CT molecular complexity index is 862. The summed E-state index contributed by atoms with van der Waals surface area (Å²) in [6.45, 7) is 0.386.